The van der Waals surface area contributed by atoms with Gasteiger partial charge in [-0.15, -0.1) is 0 Å². The Hall–Kier alpha value is -1.67. The topological polar surface area (TPSA) is 122 Å². The zero-order valence-electron chi connectivity index (χ0n) is 12.6. The normalized spacial score (nSPS) is 23.6. The lowest BCUT2D eigenvalue weighted by atomic mass is 10.1. The van der Waals surface area contributed by atoms with Gasteiger partial charge in [-0.1, -0.05) is 0 Å². The highest BCUT2D eigenvalue weighted by molar-refractivity contribution is 5.80. The summed E-state index contributed by atoms with van der Waals surface area (Å²) in [6.07, 6.45) is 2.94. The molecule has 3 amide bonds. The van der Waals surface area contributed by atoms with Crippen LogP contribution in [0.5, 0.6) is 0 Å². The number of hydrogen-bond acceptors (Lipinski definition) is 5. The molecule has 0 saturated carbocycles. The van der Waals surface area contributed by atoms with Crippen molar-refractivity contribution < 1.29 is 14.4 Å². The van der Waals surface area contributed by atoms with E-state index in [4.69, 9.17) is 11.5 Å². The minimum absolute atomic E-state index is 0.179. The molecule has 1 fully saturated rings. The fourth-order valence-electron chi connectivity index (χ4n) is 2.74. The van der Waals surface area contributed by atoms with Gasteiger partial charge in [0.2, 0.25) is 5.91 Å². The van der Waals surface area contributed by atoms with Crippen molar-refractivity contribution >= 4 is 18.2 Å². The number of carbonyl (C=O) groups excluding carboxylic acids is 3. The Kier molecular flexibility index (Phi) is 6.57. The molecule has 1 aliphatic rings. The molecule has 0 aromatic carbocycles. The maximum Gasteiger partial charge on any atom is 0.317 e. The van der Waals surface area contributed by atoms with E-state index in [0.717, 1.165) is 12.8 Å². The second kappa shape index (κ2) is 7.94. The first-order valence-electron chi connectivity index (χ1n) is 7.09. The van der Waals surface area contributed by atoms with E-state index < -0.39 is 6.04 Å². The van der Waals surface area contributed by atoms with E-state index in [1.165, 1.54) is 11.9 Å². The first-order chi connectivity index (χ1) is 9.90. The van der Waals surface area contributed by atoms with Crippen LogP contribution in [0.1, 0.15) is 19.3 Å². The van der Waals surface area contributed by atoms with E-state index in [9.17, 15) is 14.4 Å². The third-order valence-corrected chi connectivity index (χ3v) is 4.01. The smallest absolute Gasteiger partial charge is 0.317 e. The lowest BCUT2D eigenvalue weighted by Gasteiger charge is -2.28. The van der Waals surface area contributed by atoms with Crippen molar-refractivity contribution in [1.29, 1.82) is 0 Å². The van der Waals surface area contributed by atoms with Gasteiger partial charge in [0.15, 0.2) is 0 Å². The summed E-state index contributed by atoms with van der Waals surface area (Å²) in [5.41, 5.74) is 10.9. The molecule has 0 aromatic rings. The van der Waals surface area contributed by atoms with Crippen LogP contribution in [-0.2, 0) is 9.59 Å². The standard InChI is InChI=1S/C13H25N5O3/c1-16-13(21)18(7-9(14)8-19)6-5-10-3-4-11(12(15)20)17(10)2/h8-11H,3-7,14H2,1-2H3,(H2,15,20)(H,16,21). The quantitative estimate of drug-likeness (QED) is 0.493. The van der Waals surface area contributed by atoms with Gasteiger partial charge in [0.05, 0.1) is 12.1 Å². The molecular formula is C13H25N5O3. The summed E-state index contributed by atoms with van der Waals surface area (Å²) in [5, 5.41) is 2.54. The van der Waals surface area contributed by atoms with Crippen molar-refractivity contribution in [2.45, 2.75) is 37.4 Å². The van der Waals surface area contributed by atoms with E-state index >= 15 is 0 Å². The molecule has 120 valence electrons. The highest BCUT2D eigenvalue weighted by Gasteiger charge is 2.34. The molecule has 0 spiro atoms. The maximum absolute atomic E-state index is 11.8. The van der Waals surface area contributed by atoms with Gasteiger partial charge in [0.1, 0.15) is 6.29 Å². The fourth-order valence-corrected chi connectivity index (χ4v) is 2.74. The third-order valence-electron chi connectivity index (χ3n) is 4.01. The molecule has 1 rings (SSSR count). The summed E-state index contributed by atoms with van der Waals surface area (Å²) in [5.74, 6) is -0.314. The molecule has 0 aromatic heterocycles. The Labute approximate surface area is 124 Å². The minimum atomic E-state index is -0.693. The number of nitrogens with one attached hydrogen (secondary N) is 1. The lowest BCUT2D eigenvalue weighted by molar-refractivity contribution is -0.122. The Morgan fingerprint density at radius 1 is 1.48 bits per heavy atom. The Morgan fingerprint density at radius 3 is 2.62 bits per heavy atom. The monoisotopic (exact) mass is 299 g/mol. The Bertz CT molecular complexity index is 390. The van der Waals surface area contributed by atoms with Gasteiger partial charge >= 0.3 is 6.03 Å². The predicted octanol–water partition coefficient (Wildman–Crippen LogP) is -1.51. The predicted molar refractivity (Wildman–Crippen MR) is 78.5 cm³/mol. The van der Waals surface area contributed by atoms with Crippen LogP contribution in [0.2, 0.25) is 0 Å². The van der Waals surface area contributed by atoms with Crippen LogP contribution in [0.25, 0.3) is 0 Å². The van der Waals surface area contributed by atoms with Gasteiger partial charge in [-0.25, -0.2) is 4.79 Å². The number of likely N-dealkylation sites (N-methyl/N-ethyl adjacent to an activating group) is 1. The Morgan fingerprint density at radius 2 is 2.14 bits per heavy atom. The van der Waals surface area contributed by atoms with Crippen LogP contribution in [0.3, 0.4) is 0 Å². The van der Waals surface area contributed by atoms with Crippen LogP contribution in [0.4, 0.5) is 4.79 Å². The SMILES string of the molecule is CNC(=O)N(CCC1CCC(C(N)=O)N1C)CC(N)C=O. The van der Waals surface area contributed by atoms with Crippen molar-refractivity contribution in [2.75, 3.05) is 27.2 Å². The van der Waals surface area contributed by atoms with E-state index in [1.54, 1.807) is 0 Å². The second-order valence-electron chi connectivity index (χ2n) is 5.40. The van der Waals surface area contributed by atoms with Crippen molar-refractivity contribution in [2.24, 2.45) is 11.5 Å². The molecule has 0 aliphatic carbocycles. The number of aldehydes is 1. The molecule has 1 saturated heterocycles. The van der Waals surface area contributed by atoms with E-state index in [0.29, 0.717) is 19.3 Å². The first-order valence-corrected chi connectivity index (χ1v) is 7.09. The summed E-state index contributed by atoms with van der Waals surface area (Å²) in [6.45, 7) is 0.653. The molecule has 8 heteroatoms. The molecule has 3 atom stereocenters. The molecule has 8 nitrogen and oxygen atoms in total. The highest BCUT2D eigenvalue weighted by Crippen LogP contribution is 2.24. The number of primary amides is 1. The van der Waals surface area contributed by atoms with Gasteiger partial charge in [-0.2, -0.15) is 0 Å². The molecule has 1 heterocycles. The molecule has 21 heavy (non-hydrogen) atoms. The highest BCUT2D eigenvalue weighted by atomic mass is 16.2. The average Bonchev–Trinajstić information content (AvgIpc) is 2.83. The van der Waals surface area contributed by atoms with Crippen LogP contribution >= 0.6 is 0 Å². The molecule has 5 N–H and O–H groups in total. The van der Waals surface area contributed by atoms with E-state index in [1.807, 2.05) is 11.9 Å². The summed E-state index contributed by atoms with van der Waals surface area (Å²) < 4.78 is 0. The zero-order valence-corrected chi connectivity index (χ0v) is 12.6. The average molecular weight is 299 g/mol. The number of rotatable bonds is 7. The van der Waals surface area contributed by atoms with Crippen LogP contribution in [0.15, 0.2) is 0 Å². The van der Waals surface area contributed by atoms with E-state index in [2.05, 4.69) is 5.32 Å². The van der Waals surface area contributed by atoms with Crippen molar-refractivity contribution in [3.63, 3.8) is 0 Å². The van der Waals surface area contributed by atoms with Crippen molar-refractivity contribution in [3.8, 4) is 0 Å². The van der Waals surface area contributed by atoms with E-state index in [-0.39, 0.29) is 30.6 Å². The Balaban J connectivity index is 2.55. The molecule has 0 radical (unpaired) electrons. The van der Waals surface area contributed by atoms with Gasteiger partial charge < -0.3 is 26.5 Å². The summed E-state index contributed by atoms with van der Waals surface area (Å²) in [7, 11) is 3.40. The number of amides is 3. The summed E-state index contributed by atoms with van der Waals surface area (Å²) in [4.78, 5) is 37.2. The van der Waals surface area contributed by atoms with Crippen LogP contribution in [-0.4, -0.2) is 73.3 Å². The molecule has 0 bridgehead atoms. The minimum Gasteiger partial charge on any atom is -0.368 e. The first kappa shape index (κ1) is 17.4. The molecular weight excluding hydrogens is 274 g/mol. The van der Waals surface area contributed by atoms with Gasteiger partial charge in [0.25, 0.3) is 0 Å². The van der Waals surface area contributed by atoms with Crippen molar-refractivity contribution in [3.05, 3.63) is 0 Å². The number of urea groups is 1. The number of hydrogen-bond donors (Lipinski definition) is 3. The molecule has 1 aliphatic heterocycles. The third kappa shape index (κ3) is 4.68. The number of likely N-dealkylation sites (tertiary alicyclic amines) is 1. The number of nitrogens with zero attached hydrogens (tertiary/aromatic N) is 2. The number of carbonyl (C=O) groups is 3. The van der Waals surface area contributed by atoms with Gasteiger partial charge in [0, 0.05) is 26.2 Å². The van der Waals surface area contributed by atoms with Crippen LogP contribution < -0.4 is 16.8 Å². The lowest BCUT2D eigenvalue weighted by Crippen LogP contribution is -2.47. The van der Waals surface area contributed by atoms with Crippen molar-refractivity contribution in [1.82, 2.24) is 15.1 Å². The summed E-state index contributed by atoms with van der Waals surface area (Å²) in [6, 6.07) is -0.996. The van der Waals surface area contributed by atoms with Gasteiger partial charge in [-0.3, -0.25) is 9.69 Å². The fraction of sp³-hybridized carbons (Fsp3) is 0.769. The van der Waals surface area contributed by atoms with Gasteiger partial charge in [-0.05, 0) is 26.3 Å². The second-order valence-corrected chi connectivity index (χ2v) is 5.40. The largest absolute Gasteiger partial charge is 0.368 e. The summed E-state index contributed by atoms with van der Waals surface area (Å²) >= 11 is 0. The molecule has 3 unspecified atom stereocenters. The maximum atomic E-state index is 11.8. The zero-order chi connectivity index (χ0) is 16.0. The number of nitrogens with two attached hydrogens (primary N) is 2. The van der Waals surface area contributed by atoms with Crippen LogP contribution in [0, 0.1) is 0 Å².